The van der Waals surface area contributed by atoms with Crippen molar-refractivity contribution in [3.8, 4) is 0 Å². The number of hydrogen-bond donors (Lipinski definition) is 2. The fourth-order valence-corrected chi connectivity index (χ4v) is 3.57. The summed E-state index contributed by atoms with van der Waals surface area (Å²) < 4.78 is 0. The molecule has 1 aromatic heterocycles. The van der Waals surface area contributed by atoms with Crippen LogP contribution in [0.1, 0.15) is 44.4 Å². The first kappa shape index (κ1) is 22.3. The number of carbonyl (C=O) groups is 1. The molecule has 0 spiro atoms. The summed E-state index contributed by atoms with van der Waals surface area (Å²) in [6.45, 7) is 10.0. The number of carbonyl (C=O) groups excluding carboxylic acids is 1. The van der Waals surface area contributed by atoms with Gasteiger partial charge in [-0.25, -0.2) is 4.98 Å². The molecular formula is C25H31N5O. The smallest absolute Gasteiger partial charge is 0.231 e. The minimum absolute atomic E-state index is 0.000270. The summed E-state index contributed by atoms with van der Waals surface area (Å²) in [6, 6.07) is 19.5. The predicted octanol–water partition coefficient (Wildman–Crippen LogP) is 5.51. The molecule has 1 amide bonds. The number of amides is 1. The van der Waals surface area contributed by atoms with E-state index in [1.807, 2.05) is 74.5 Å². The van der Waals surface area contributed by atoms with Crippen LogP contribution in [0.25, 0.3) is 0 Å². The number of aryl methyl sites for hydroxylation is 1. The summed E-state index contributed by atoms with van der Waals surface area (Å²) in [6.07, 6.45) is 0.745. The van der Waals surface area contributed by atoms with Crippen molar-refractivity contribution >= 4 is 29.0 Å². The summed E-state index contributed by atoms with van der Waals surface area (Å²) in [5, 5.41) is 6.29. The van der Waals surface area contributed by atoms with Gasteiger partial charge in [0.25, 0.3) is 0 Å². The highest BCUT2D eigenvalue weighted by Gasteiger charge is 2.18. The number of rotatable bonds is 9. The van der Waals surface area contributed by atoms with Crippen LogP contribution < -0.4 is 15.5 Å². The lowest BCUT2D eigenvalue weighted by molar-refractivity contribution is -0.117. The second-order valence-corrected chi connectivity index (χ2v) is 7.43. The number of anilines is 4. The topological polar surface area (TPSA) is 70.2 Å². The molecule has 1 atom stereocenters. The first-order valence-corrected chi connectivity index (χ1v) is 10.9. The third-order valence-electron chi connectivity index (χ3n) is 5.26. The van der Waals surface area contributed by atoms with Crippen LogP contribution >= 0.6 is 0 Å². The van der Waals surface area contributed by atoms with Crippen LogP contribution in [0.4, 0.5) is 23.1 Å². The van der Waals surface area contributed by atoms with E-state index in [-0.39, 0.29) is 11.8 Å². The van der Waals surface area contributed by atoms with Crippen LogP contribution in [0.15, 0.2) is 60.7 Å². The van der Waals surface area contributed by atoms with E-state index < -0.39 is 0 Å². The minimum atomic E-state index is -0.168. The van der Waals surface area contributed by atoms with E-state index in [9.17, 15) is 4.79 Å². The highest BCUT2D eigenvalue weighted by molar-refractivity contribution is 5.96. The van der Waals surface area contributed by atoms with Gasteiger partial charge in [0.1, 0.15) is 5.82 Å². The Kier molecular flexibility index (Phi) is 7.60. The van der Waals surface area contributed by atoms with Gasteiger partial charge >= 0.3 is 0 Å². The lowest BCUT2D eigenvalue weighted by Crippen LogP contribution is -2.23. The minimum Gasteiger partial charge on any atom is -0.357 e. The lowest BCUT2D eigenvalue weighted by atomic mass is 9.95. The normalized spacial score (nSPS) is 11.6. The third-order valence-corrected chi connectivity index (χ3v) is 5.26. The average molecular weight is 418 g/mol. The van der Waals surface area contributed by atoms with Crippen LogP contribution in [0.3, 0.4) is 0 Å². The predicted molar refractivity (Wildman–Crippen MR) is 128 cm³/mol. The van der Waals surface area contributed by atoms with Crippen molar-refractivity contribution in [3.63, 3.8) is 0 Å². The number of nitrogens with one attached hydrogen (secondary N) is 2. The van der Waals surface area contributed by atoms with Gasteiger partial charge in [0.15, 0.2) is 0 Å². The number of aromatic nitrogens is 2. The monoisotopic (exact) mass is 417 g/mol. The molecule has 2 N–H and O–H groups in total. The van der Waals surface area contributed by atoms with Crippen molar-refractivity contribution in [1.82, 2.24) is 9.97 Å². The fourth-order valence-electron chi connectivity index (χ4n) is 3.57. The Hall–Kier alpha value is -3.41. The first-order chi connectivity index (χ1) is 15.0. The third kappa shape index (κ3) is 5.81. The zero-order chi connectivity index (χ0) is 22.2. The van der Waals surface area contributed by atoms with Crippen LogP contribution in [0, 0.1) is 6.92 Å². The Balaban J connectivity index is 1.69. The molecule has 0 fully saturated rings. The van der Waals surface area contributed by atoms with Gasteiger partial charge in [-0.3, -0.25) is 4.79 Å². The summed E-state index contributed by atoms with van der Waals surface area (Å²) in [7, 11) is 0. The second-order valence-electron chi connectivity index (χ2n) is 7.43. The summed E-state index contributed by atoms with van der Waals surface area (Å²) in [5.74, 6) is 1.31. The Bertz CT molecular complexity index is 985. The van der Waals surface area contributed by atoms with Crippen molar-refractivity contribution in [2.45, 2.75) is 40.0 Å². The highest BCUT2D eigenvalue weighted by Crippen LogP contribution is 2.23. The van der Waals surface area contributed by atoms with Gasteiger partial charge in [-0.15, -0.1) is 0 Å². The maximum atomic E-state index is 12.8. The number of benzene rings is 2. The molecule has 0 aliphatic heterocycles. The summed E-state index contributed by atoms with van der Waals surface area (Å²) in [4.78, 5) is 24.1. The molecule has 6 nitrogen and oxygen atoms in total. The Labute approximate surface area is 184 Å². The van der Waals surface area contributed by atoms with Crippen LogP contribution in [-0.2, 0) is 4.79 Å². The molecular weight excluding hydrogens is 386 g/mol. The van der Waals surface area contributed by atoms with E-state index in [1.54, 1.807) is 0 Å². The van der Waals surface area contributed by atoms with Crippen molar-refractivity contribution in [2.24, 2.45) is 0 Å². The molecule has 2 aromatic carbocycles. The van der Waals surface area contributed by atoms with Crippen LogP contribution in [0.2, 0.25) is 0 Å². The molecule has 0 aliphatic rings. The van der Waals surface area contributed by atoms with E-state index in [0.717, 1.165) is 48.0 Å². The number of hydrogen-bond acceptors (Lipinski definition) is 5. The van der Waals surface area contributed by atoms with E-state index in [4.69, 9.17) is 0 Å². The van der Waals surface area contributed by atoms with Crippen LogP contribution in [-0.4, -0.2) is 29.0 Å². The summed E-state index contributed by atoms with van der Waals surface area (Å²) in [5.41, 5.74) is 3.57. The molecule has 3 aromatic rings. The van der Waals surface area contributed by atoms with Gasteiger partial charge in [0.2, 0.25) is 11.9 Å². The van der Waals surface area contributed by atoms with E-state index in [0.29, 0.717) is 5.95 Å². The van der Waals surface area contributed by atoms with Gasteiger partial charge in [-0.2, -0.15) is 4.98 Å². The maximum absolute atomic E-state index is 12.8. The van der Waals surface area contributed by atoms with Crippen molar-refractivity contribution in [1.29, 1.82) is 0 Å². The molecule has 0 saturated heterocycles. The molecule has 162 valence electrons. The van der Waals surface area contributed by atoms with E-state index >= 15 is 0 Å². The molecule has 0 aliphatic carbocycles. The Morgan fingerprint density at radius 2 is 1.58 bits per heavy atom. The van der Waals surface area contributed by atoms with Crippen LogP contribution in [0.5, 0.6) is 0 Å². The summed E-state index contributed by atoms with van der Waals surface area (Å²) >= 11 is 0. The number of nitrogens with zero attached hydrogens (tertiary/aromatic N) is 3. The largest absolute Gasteiger partial charge is 0.357 e. The Morgan fingerprint density at radius 1 is 0.935 bits per heavy atom. The van der Waals surface area contributed by atoms with Crippen molar-refractivity contribution < 1.29 is 4.79 Å². The maximum Gasteiger partial charge on any atom is 0.231 e. The van der Waals surface area contributed by atoms with Gasteiger partial charge in [0, 0.05) is 36.2 Å². The second kappa shape index (κ2) is 10.6. The molecule has 0 unspecified atom stereocenters. The van der Waals surface area contributed by atoms with Crippen molar-refractivity contribution in [3.05, 3.63) is 71.9 Å². The molecule has 3 rings (SSSR count). The molecule has 0 saturated carbocycles. The molecule has 0 radical (unpaired) electrons. The highest BCUT2D eigenvalue weighted by atomic mass is 16.1. The van der Waals surface area contributed by atoms with Gasteiger partial charge in [-0.1, -0.05) is 37.3 Å². The van der Waals surface area contributed by atoms with E-state index in [2.05, 4.69) is 39.3 Å². The van der Waals surface area contributed by atoms with Gasteiger partial charge in [0.05, 0.1) is 5.92 Å². The average Bonchev–Trinajstić information content (AvgIpc) is 2.77. The van der Waals surface area contributed by atoms with Gasteiger partial charge in [-0.05, 0) is 57.0 Å². The van der Waals surface area contributed by atoms with Gasteiger partial charge < -0.3 is 15.5 Å². The van der Waals surface area contributed by atoms with Crippen molar-refractivity contribution in [2.75, 3.05) is 28.6 Å². The Morgan fingerprint density at radius 3 is 2.19 bits per heavy atom. The zero-order valence-corrected chi connectivity index (χ0v) is 18.7. The quantitative estimate of drug-likeness (QED) is 0.481. The zero-order valence-electron chi connectivity index (χ0n) is 18.7. The lowest BCUT2D eigenvalue weighted by Gasteiger charge is -2.20. The standard InChI is InChI=1S/C25H31N5O/c1-5-22(19-11-9-8-10-12-19)24(31)27-20-13-15-21(16-14-20)28-25-26-18(4)17-23(29-25)30(6-2)7-3/h8-17,22H,5-7H2,1-4H3,(H,27,31)(H,26,28,29)/t22-/m1/s1. The molecule has 6 heteroatoms. The molecule has 0 bridgehead atoms. The molecule has 31 heavy (non-hydrogen) atoms. The SMILES string of the molecule is CC[C@@H](C(=O)Nc1ccc(Nc2nc(C)cc(N(CC)CC)n2)cc1)c1ccccc1. The fraction of sp³-hybridized carbons (Fsp3) is 0.320. The first-order valence-electron chi connectivity index (χ1n) is 10.9. The van der Waals surface area contributed by atoms with E-state index in [1.165, 1.54) is 0 Å². The molecule has 1 heterocycles.